The summed E-state index contributed by atoms with van der Waals surface area (Å²) in [4.78, 5) is 47.1. The predicted molar refractivity (Wildman–Crippen MR) is 77.5 cm³/mol. The zero-order valence-corrected chi connectivity index (χ0v) is 13.0. The Labute approximate surface area is 127 Å². The zero-order valence-electron chi connectivity index (χ0n) is 12.2. The lowest BCUT2D eigenvalue weighted by molar-refractivity contribution is -0.144. The van der Waals surface area contributed by atoms with Crippen LogP contribution in [0.5, 0.6) is 0 Å². The third-order valence-corrected chi connectivity index (χ3v) is 4.19. The highest BCUT2D eigenvalue weighted by Crippen LogP contribution is 2.10. The van der Waals surface area contributed by atoms with Gasteiger partial charge in [-0.25, -0.2) is 0 Å². The molecular formula is C13H20N2O5S. The molecule has 0 aromatic heterocycles. The van der Waals surface area contributed by atoms with Gasteiger partial charge in [0.05, 0.1) is 25.3 Å². The summed E-state index contributed by atoms with van der Waals surface area (Å²) in [5, 5.41) is 2.24. The third kappa shape index (κ3) is 6.16. The molecule has 1 atom stereocenters. The van der Waals surface area contributed by atoms with Gasteiger partial charge in [-0.2, -0.15) is 11.8 Å². The minimum Gasteiger partial charge on any atom is -0.469 e. The molecule has 21 heavy (non-hydrogen) atoms. The number of carbonyl (C=O) groups excluding carboxylic acids is 4. The topological polar surface area (TPSA) is 92.8 Å². The van der Waals surface area contributed by atoms with Gasteiger partial charge in [-0.15, -0.1) is 0 Å². The molecule has 1 saturated heterocycles. The van der Waals surface area contributed by atoms with Gasteiger partial charge in [-0.05, 0) is 6.42 Å². The summed E-state index contributed by atoms with van der Waals surface area (Å²) in [6, 6.07) is 0. The van der Waals surface area contributed by atoms with Gasteiger partial charge in [0, 0.05) is 18.7 Å². The number of rotatable bonds is 7. The lowest BCUT2D eigenvalue weighted by atomic mass is 10.2. The lowest BCUT2D eigenvalue weighted by Crippen LogP contribution is -2.41. The number of nitrogens with zero attached hydrogens (tertiary/aromatic N) is 1. The molecule has 0 aliphatic carbocycles. The quantitative estimate of drug-likeness (QED) is 0.654. The van der Waals surface area contributed by atoms with Gasteiger partial charge in [0.25, 0.3) is 0 Å². The minimum absolute atomic E-state index is 0.0566. The molecule has 0 aromatic carbocycles. The van der Waals surface area contributed by atoms with E-state index in [2.05, 4.69) is 10.1 Å². The molecular weight excluding hydrogens is 296 g/mol. The van der Waals surface area contributed by atoms with Crippen molar-refractivity contribution in [3.63, 3.8) is 0 Å². The van der Waals surface area contributed by atoms with E-state index < -0.39 is 11.8 Å². The Hall–Kier alpha value is -1.57. The van der Waals surface area contributed by atoms with Crippen molar-refractivity contribution in [1.82, 2.24) is 10.2 Å². The van der Waals surface area contributed by atoms with Crippen molar-refractivity contribution >= 4 is 35.5 Å². The van der Waals surface area contributed by atoms with Gasteiger partial charge in [0.1, 0.15) is 0 Å². The predicted octanol–water partition coefficient (Wildman–Crippen LogP) is -0.206. The highest BCUT2D eigenvalue weighted by atomic mass is 32.2. The van der Waals surface area contributed by atoms with E-state index in [1.165, 1.54) is 23.8 Å². The van der Waals surface area contributed by atoms with Crippen molar-refractivity contribution < 1.29 is 23.9 Å². The Kier molecular flexibility index (Phi) is 7.21. The molecule has 0 bridgehead atoms. The molecule has 3 amide bonds. The molecule has 1 unspecified atom stereocenters. The number of ether oxygens (including phenoxy) is 1. The first kappa shape index (κ1) is 17.5. The maximum atomic E-state index is 11.6. The van der Waals surface area contributed by atoms with Crippen LogP contribution in [0.25, 0.3) is 0 Å². The van der Waals surface area contributed by atoms with E-state index in [0.717, 1.165) is 6.42 Å². The molecule has 1 N–H and O–H groups in total. The first-order valence-electron chi connectivity index (χ1n) is 6.70. The maximum Gasteiger partial charge on any atom is 0.309 e. The van der Waals surface area contributed by atoms with Crippen LogP contribution >= 0.6 is 11.8 Å². The molecule has 118 valence electrons. The Balaban J connectivity index is 2.19. The number of carbonyl (C=O) groups is 4. The molecule has 7 nitrogen and oxygen atoms in total. The molecule has 0 radical (unpaired) electrons. The van der Waals surface area contributed by atoms with E-state index in [1.807, 2.05) is 0 Å². The molecule has 1 heterocycles. The standard InChI is InChI=1S/C13H20N2O5S/c1-9(13(19)20-2)7-21-8-11(17)14-10(16)6-15-5-3-4-12(15)18/h9H,3-8H2,1-2H3,(H,14,16,17). The normalized spacial score (nSPS) is 15.7. The summed E-state index contributed by atoms with van der Waals surface area (Å²) >= 11 is 1.25. The van der Waals surface area contributed by atoms with Gasteiger partial charge < -0.3 is 9.64 Å². The fraction of sp³-hybridized carbons (Fsp3) is 0.692. The van der Waals surface area contributed by atoms with E-state index >= 15 is 0 Å². The monoisotopic (exact) mass is 316 g/mol. The molecule has 0 saturated carbocycles. The van der Waals surface area contributed by atoms with E-state index in [1.54, 1.807) is 6.92 Å². The molecule has 0 aromatic rings. The number of hydrogen-bond acceptors (Lipinski definition) is 6. The number of methoxy groups -OCH3 is 1. The largest absolute Gasteiger partial charge is 0.469 e. The van der Waals surface area contributed by atoms with Crippen LogP contribution in [0.3, 0.4) is 0 Å². The number of esters is 1. The second-order valence-electron chi connectivity index (χ2n) is 4.83. The van der Waals surface area contributed by atoms with Crippen LogP contribution in [0.2, 0.25) is 0 Å². The van der Waals surface area contributed by atoms with Gasteiger partial charge in [-0.3, -0.25) is 24.5 Å². The van der Waals surface area contributed by atoms with E-state index in [9.17, 15) is 19.2 Å². The van der Waals surface area contributed by atoms with Gasteiger partial charge in [0.15, 0.2) is 0 Å². The summed E-state index contributed by atoms with van der Waals surface area (Å²) in [7, 11) is 1.31. The van der Waals surface area contributed by atoms with Gasteiger partial charge in [0.2, 0.25) is 17.7 Å². The molecule has 1 rings (SSSR count). The average Bonchev–Trinajstić information content (AvgIpc) is 2.82. The molecule has 0 spiro atoms. The molecule has 8 heteroatoms. The summed E-state index contributed by atoms with van der Waals surface area (Å²) < 4.78 is 4.57. The van der Waals surface area contributed by atoms with Crippen LogP contribution in [0.1, 0.15) is 19.8 Å². The molecule has 1 fully saturated rings. The summed E-state index contributed by atoms with van der Waals surface area (Å²) in [5.74, 6) is -1.05. The zero-order chi connectivity index (χ0) is 15.8. The average molecular weight is 316 g/mol. The first-order valence-corrected chi connectivity index (χ1v) is 7.85. The Bertz CT molecular complexity index is 427. The highest BCUT2D eigenvalue weighted by Gasteiger charge is 2.23. The first-order chi connectivity index (χ1) is 9.93. The van der Waals surface area contributed by atoms with Crippen LogP contribution in [-0.2, 0) is 23.9 Å². The van der Waals surface area contributed by atoms with Gasteiger partial charge in [-0.1, -0.05) is 6.92 Å². The fourth-order valence-corrected chi connectivity index (χ4v) is 2.74. The molecule has 1 aliphatic rings. The van der Waals surface area contributed by atoms with Crippen LogP contribution in [0, 0.1) is 5.92 Å². The second-order valence-corrected chi connectivity index (χ2v) is 5.86. The van der Waals surface area contributed by atoms with Crippen LogP contribution < -0.4 is 5.32 Å². The smallest absolute Gasteiger partial charge is 0.309 e. The van der Waals surface area contributed by atoms with Crippen molar-refractivity contribution in [3.8, 4) is 0 Å². The second kappa shape index (κ2) is 8.66. The summed E-state index contributed by atoms with van der Waals surface area (Å²) in [6.07, 6.45) is 1.21. The Morgan fingerprint density at radius 1 is 1.38 bits per heavy atom. The van der Waals surface area contributed by atoms with Crippen LogP contribution in [0.15, 0.2) is 0 Å². The number of likely N-dealkylation sites (tertiary alicyclic amines) is 1. The van der Waals surface area contributed by atoms with Crippen molar-refractivity contribution in [2.24, 2.45) is 5.92 Å². The maximum absolute atomic E-state index is 11.6. The Morgan fingerprint density at radius 2 is 2.10 bits per heavy atom. The van der Waals surface area contributed by atoms with E-state index in [4.69, 9.17) is 0 Å². The van der Waals surface area contributed by atoms with E-state index in [-0.39, 0.29) is 30.1 Å². The number of amides is 3. The number of thioether (sulfide) groups is 1. The number of nitrogens with one attached hydrogen (secondary N) is 1. The highest BCUT2D eigenvalue weighted by molar-refractivity contribution is 7.99. The summed E-state index contributed by atoms with van der Waals surface area (Å²) in [5.41, 5.74) is 0. The van der Waals surface area contributed by atoms with Crippen molar-refractivity contribution in [1.29, 1.82) is 0 Å². The molecule has 1 aliphatic heterocycles. The SMILES string of the molecule is COC(=O)C(C)CSCC(=O)NC(=O)CN1CCCC1=O. The van der Waals surface area contributed by atoms with Crippen molar-refractivity contribution in [2.45, 2.75) is 19.8 Å². The summed E-state index contributed by atoms with van der Waals surface area (Å²) in [6.45, 7) is 2.19. The Morgan fingerprint density at radius 3 is 2.67 bits per heavy atom. The van der Waals surface area contributed by atoms with Gasteiger partial charge >= 0.3 is 5.97 Å². The number of imide groups is 1. The van der Waals surface area contributed by atoms with Crippen LogP contribution in [0.4, 0.5) is 0 Å². The third-order valence-electron chi connectivity index (χ3n) is 2.99. The van der Waals surface area contributed by atoms with Crippen molar-refractivity contribution in [3.05, 3.63) is 0 Å². The van der Waals surface area contributed by atoms with E-state index in [0.29, 0.717) is 18.7 Å². The number of hydrogen-bond donors (Lipinski definition) is 1. The van der Waals surface area contributed by atoms with Crippen molar-refractivity contribution in [2.75, 3.05) is 31.7 Å². The fourth-order valence-electron chi connectivity index (χ4n) is 1.87. The minimum atomic E-state index is -0.475. The van der Waals surface area contributed by atoms with Crippen LogP contribution in [-0.4, -0.2) is 60.3 Å². The lowest BCUT2D eigenvalue weighted by Gasteiger charge is -2.14.